The summed E-state index contributed by atoms with van der Waals surface area (Å²) < 4.78 is 5.79. The Bertz CT molecular complexity index is 1240. The molecule has 0 bridgehead atoms. The van der Waals surface area contributed by atoms with Gasteiger partial charge in [-0.05, 0) is 36.6 Å². The first kappa shape index (κ1) is 21.0. The lowest BCUT2D eigenvalue weighted by Gasteiger charge is -2.41. The van der Waals surface area contributed by atoms with Crippen molar-refractivity contribution in [1.82, 2.24) is 9.80 Å². The van der Waals surface area contributed by atoms with Crippen LogP contribution in [0.4, 0.5) is 0 Å². The SMILES string of the molecule is Cc1ccc(CN2C(=O)CN(C(=O)c3cc4ccccc4o3)C[C@@H]2Cc2ccccc2)cc1. The minimum Gasteiger partial charge on any atom is -0.451 e. The Kier molecular flexibility index (Phi) is 5.69. The normalized spacial score (nSPS) is 16.4. The van der Waals surface area contributed by atoms with E-state index in [1.54, 1.807) is 11.0 Å². The highest BCUT2D eigenvalue weighted by Crippen LogP contribution is 2.24. The second kappa shape index (κ2) is 8.94. The molecular weight excluding hydrogens is 412 g/mol. The van der Waals surface area contributed by atoms with E-state index in [1.165, 1.54) is 5.56 Å². The van der Waals surface area contributed by atoms with Gasteiger partial charge in [0.2, 0.25) is 5.91 Å². The van der Waals surface area contributed by atoms with E-state index in [-0.39, 0.29) is 30.2 Å². The van der Waals surface area contributed by atoms with Gasteiger partial charge in [-0.25, -0.2) is 0 Å². The van der Waals surface area contributed by atoms with E-state index >= 15 is 0 Å². The van der Waals surface area contributed by atoms with Gasteiger partial charge >= 0.3 is 0 Å². The fraction of sp³-hybridized carbons (Fsp3) is 0.214. The first-order chi connectivity index (χ1) is 16.1. The Morgan fingerprint density at radius 2 is 1.67 bits per heavy atom. The Labute approximate surface area is 193 Å². The minimum atomic E-state index is -0.243. The van der Waals surface area contributed by atoms with E-state index in [0.29, 0.717) is 25.1 Å². The molecule has 5 rings (SSSR count). The quantitative estimate of drug-likeness (QED) is 0.448. The monoisotopic (exact) mass is 438 g/mol. The van der Waals surface area contributed by atoms with Crippen molar-refractivity contribution in [2.24, 2.45) is 0 Å². The van der Waals surface area contributed by atoms with Crippen LogP contribution in [0, 0.1) is 6.92 Å². The summed E-state index contributed by atoms with van der Waals surface area (Å²) in [6, 6.07) is 27.6. The predicted molar refractivity (Wildman–Crippen MR) is 128 cm³/mol. The predicted octanol–water partition coefficient (Wildman–Crippen LogP) is 4.84. The van der Waals surface area contributed by atoms with Crippen LogP contribution >= 0.6 is 0 Å². The lowest BCUT2D eigenvalue weighted by atomic mass is 10.0. The number of rotatable bonds is 5. The molecule has 0 aliphatic carbocycles. The molecule has 1 aromatic heterocycles. The molecule has 1 atom stereocenters. The van der Waals surface area contributed by atoms with Crippen LogP contribution in [0.15, 0.2) is 89.3 Å². The zero-order valence-corrected chi connectivity index (χ0v) is 18.6. The summed E-state index contributed by atoms with van der Waals surface area (Å²) in [6.45, 7) is 3.09. The number of furan rings is 1. The molecule has 5 heteroatoms. The molecule has 2 heterocycles. The first-order valence-corrected chi connectivity index (χ1v) is 11.2. The third-order valence-electron chi connectivity index (χ3n) is 6.23. The second-order valence-electron chi connectivity index (χ2n) is 8.68. The summed E-state index contributed by atoms with van der Waals surface area (Å²) in [5, 5.41) is 0.881. The Hall–Kier alpha value is -3.86. The van der Waals surface area contributed by atoms with Gasteiger partial charge in [0.15, 0.2) is 5.76 Å². The summed E-state index contributed by atoms with van der Waals surface area (Å²) in [4.78, 5) is 30.1. The zero-order chi connectivity index (χ0) is 22.8. The van der Waals surface area contributed by atoms with Crippen molar-refractivity contribution in [2.45, 2.75) is 25.9 Å². The van der Waals surface area contributed by atoms with Crippen molar-refractivity contribution in [3.05, 3.63) is 107 Å². The summed E-state index contributed by atoms with van der Waals surface area (Å²) >= 11 is 0. The van der Waals surface area contributed by atoms with Crippen molar-refractivity contribution in [3.63, 3.8) is 0 Å². The first-order valence-electron chi connectivity index (χ1n) is 11.2. The number of amides is 2. The highest BCUT2D eigenvalue weighted by Gasteiger charge is 2.36. The van der Waals surface area contributed by atoms with E-state index in [1.807, 2.05) is 47.4 Å². The number of hydrogen-bond donors (Lipinski definition) is 0. The zero-order valence-electron chi connectivity index (χ0n) is 18.6. The molecule has 166 valence electrons. The van der Waals surface area contributed by atoms with Crippen LogP contribution in [-0.4, -0.2) is 40.7 Å². The van der Waals surface area contributed by atoms with Gasteiger partial charge in [-0.3, -0.25) is 9.59 Å². The van der Waals surface area contributed by atoms with Crippen LogP contribution in [0.3, 0.4) is 0 Å². The largest absolute Gasteiger partial charge is 0.451 e. The second-order valence-corrected chi connectivity index (χ2v) is 8.68. The van der Waals surface area contributed by atoms with Gasteiger partial charge in [0.1, 0.15) is 12.1 Å². The molecule has 0 N–H and O–H groups in total. The van der Waals surface area contributed by atoms with Crippen molar-refractivity contribution in [3.8, 4) is 0 Å². The summed E-state index contributed by atoms with van der Waals surface area (Å²) in [5.74, 6) is -0.0192. The van der Waals surface area contributed by atoms with Gasteiger partial charge in [-0.1, -0.05) is 78.4 Å². The van der Waals surface area contributed by atoms with Gasteiger partial charge in [-0.2, -0.15) is 0 Å². The lowest BCUT2D eigenvalue weighted by molar-refractivity contribution is -0.139. The number of carbonyl (C=O) groups is 2. The molecule has 0 spiro atoms. The molecule has 1 fully saturated rings. The maximum Gasteiger partial charge on any atom is 0.290 e. The molecule has 4 aromatic rings. The summed E-state index contributed by atoms with van der Waals surface area (Å²) in [5.41, 5.74) is 4.09. The fourth-order valence-electron chi connectivity index (χ4n) is 4.44. The number of hydrogen-bond acceptors (Lipinski definition) is 3. The molecule has 0 radical (unpaired) electrons. The Morgan fingerprint density at radius 3 is 2.42 bits per heavy atom. The molecule has 0 unspecified atom stereocenters. The molecule has 1 saturated heterocycles. The number of fused-ring (bicyclic) bond motifs is 1. The van der Waals surface area contributed by atoms with Crippen molar-refractivity contribution < 1.29 is 14.0 Å². The minimum absolute atomic E-state index is 0.0486. The standard InChI is InChI=1S/C28H26N2O3/c1-20-11-13-22(14-12-20)17-30-24(15-21-7-3-2-4-8-21)18-29(19-27(30)31)28(32)26-16-23-9-5-6-10-25(23)33-26/h2-14,16,24H,15,17-19H2,1H3/t24-/m0/s1. The molecule has 1 aliphatic rings. The molecule has 3 aromatic carbocycles. The highest BCUT2D eigenvalue weighted by atomic mass is 16.3. The Balaban J connectivity index is 1.41. The van der Waals surface area contributed by atoms with Gasteiger partial charge in [-0.15, -0.1) is 0 Å². The maximum atomic E-state index is 13.3. The van der Waals surface area contributed by atoms with Gasteiger partial charge in [0.05, 0.1) is 6.04 Å². The molecule has 5 nitrogen and oxygen atoms in total. The van der Waals surface area contributed by atoms with E-state index in [9.17, 15) is 9.59 Å². The topological polar surface area (TPSA) is 53.8 Å². The number of para-hydroxylation sites is 1. The van der Waals surface area contributed by atoms with Crippen LogP contribution in [0.25, 0.3) is 11.0 Å². The molecular formula is C28H26N2O3. The maximum absolute atomic E-state index is 13.3. The third-order valence-corrected chi connectivity index (χ3v) is 6.23. The van der Waals surface area contributed by atoms with Crippen LogP contribution in [0.5, 0.6) is 0 Å². The summed E-state index contributed by atoms with van der Waals surface area (Å²) in [7, 11) is 0. The van der Waals surface area contributed by atoms with E-state index in [0.717, 1.165) is 16.5 Å². The van der Waals surface area contributed by atoms with Crippen molar-refractivity contribution in [2.75, 3.05) is 13.1 Å². The molecule has 2 amide bonds. The third kappa shape index (κ3) is 4.53. The van der Waals surface area contributed by atoms with Crippen LogP contribution < -0.4 is 0 Å². The molecule has 33 heavy (non-hydrogen) atoms. The van der Waals surface area contributed by atoms with E-state index in [2.05, 4.69) is 43.3 Å². The van der Waals surface area contributed by atoms with Crippen LogP contribution in [0.2, 0.25) is 0 Å². The highest BCUT2D eigenvalue weighted by molar-refractivity contribution is 5.98. The van der Waals surface area contributed by atoms with E-state index in [4.69, 9.17) is 4.42 Å². The van der Waals surface area contributed by atoms with Gasteiger partial charge < -0.3 is 14.2 Å². The van der Waals surface area contributed by atoms with Crippen LogP contribution in [-0.2, 0) is 17.8 Å². The van der Waals surface area contributed by atoms with E-state index < -0.39 is 0 Å². The number of piperazine rings is 1. The molecule has 0 saturated carbocycles. The average Bonchev–Trinajstić information content (AvgIpc) is 3.27. The number of nitrogens with zero attached hydrogens (tertiary/aromatic N) is 2. The fourth-order valence-corrected chi connectivity index (χ4v) is 4.44. The average molecular weight is 439 g/mol. The number of aryl methyl sites for hydroxylation is 1. The number of benzene rings is 3. The number of carbonyl (C=O) groups excluding carboxylic acids is 2. The van der Waals surface area contributed by atoms with Gasteiger partial charge in [0.25, 0.3) is 5.91 Å². The smallest absolute Gasteiger partial charge is 0.290 e. The van der Waals surface area contributed by atoms with Crippen LogP contribution in [0.1, 0.15) is 27.2 Å². The summed E-state index contributed by atoms with van der Waals surface area (Å²) in [6.07, 6.45) is 0.683. The Morgan fingerprint density at radius 1 is 0.939 bits per heavy atom. The lowest BCUT2D eigenvalue weighted by Crippen LogP contribution is -2.58. The van der Waals surface area contributed by atoms with Crippen molar-refractivity contribution in [1.29, 1.82) is 0 Å². The van der Waals surface area contributed by atoms with Crippen molar-refractivity contribution >= 4 is 22.8 Å². The molecule has 1 aliphatic heterocycles. The van der Waals surface area contributed by atoms with Gasteiger partial charge in [0, 0.05) is 18.5 Å².